The van der Waals surface area contributed by atoms with E-state index in [2.05, 4.69) is 15.3 Å². The lowest BCUT2D eigenvalue weighted by Gasteiger charge is -2.13. The molecule has 0 saturated heterocycles. The van der Waals surface area contributed by atoms with Gasteiger partial charge in [-0.25, -0.2) is 4.98 Å². The smallest absolute Gasteiger partial charge is 0.319 e. The standard InChI is InChI=1S/C13H11ClN4O3/c1-8(9-3-2-5-15-7-9)17-13(19)10-4-6-16-12(14)11(10)18(20)21/h2-8H,1H3,(H,17,19). The van der Waals surface area contributed by atoms with Crippen molar-refractivity contribution >= 4 is 23.2 Å². The number of hydrogen-bond donors (Lipinski definition) is 1. The summed E-state index contributed by atoms with van der Waals surface area (Å²) < 4.78 is 0. The van der Waals surface area contributed by atoms with Crippen LogP contribution in [0.3, 0.4) is 0 Å². The maximum absolute atomic E-state index is 12.2. The number of nitrogens with one attached hydrogen (secondary N) is 1. The van der Waals surface area contributed by atoms with Gasteiger partial charge in [-0.3, -0.25) is 19.9 Å². The summed E-state index contributed by atoms with van der Waals surface area (Å²) in [6.45, 7) is 1.75. The number of nitro groups is 1. The highest BCUT2D eigenvalue weighted by atomic mass is 35.5. The largest absolute Gasteiger partial charge is 0.345 e. The van der Waals surface area contributed by atoms with E-state index in [0.29, 0.717) is 0 Å². The van der Waals surface area contributed by atoms with Gasteiger partial charge in [0.1, 0.15) is 5.56 Å². The van der Waals surface area contributed by atoms with Crippen molar-refractivity contribution in [1.82, 2.24) is 15.3 Å². The predicted molar refractivity (Wildman–Crippen MR) is 76.0 cm³/mol. The number of nitrogens with zero attached hydrogens (tertiary/aromatic N) is 3. The molecule has 0 aliphatic heterocycles. The molecule has 0 radical (unpaired) electrons. The van der Waals surface area contributed by atoms with Gasteiger partial charge in [-0.05, 0) is 24.6 Å². The number of carbonyl (C=O) groups excluding carboxylic acids is 1. The van der Waals surface area contributed by atoms with Crippen LogP contribution in [-0.2, 0) is 0 Å². The molecule has 2 rings (SSSR count). The molecule has 7 nitrogen and oxygen atoms in total. The van der Waals surface area contributed by atoms with Crippen LogP contribution in [0.5, 0.6) is 0 Å². The van der Waals surface area contributed by atoms with Crippen LogP contribution >= 0.6 is 11.6 Å². The van der Waals surface area contributed by atoms with E-state index >= 15 is 0 Å². The van der Waals surface area contributed by atoms with E-state index < -0.39 is 16.5 Å². The van der Waals surface area contributed by atoms with Crippen LogP contribution in [0.15, 0.2) is 36.8 Å². The van der Waals surface area contributed by atoms with Crippen molar-refractivity contribution in [3.63, 3.8) is 0 Å². The molecule has 1 unspecified atom stereocenters. The lowest BCUT2D eigenvalue weighted by molar-refractivity contribution is -0.385. The summed E-state index contributed by atoms with van der Waals surface area (Å²) in [4.78, 5) is 30.0. The molecule has 21 heavy (non-hydrogen) atoms. The van der Waals surface area contributed by atoms with Gasteiger partial charge >= 0.3 is 5.69 Å². The zero-order valence-electron chi connectivity index (χ0n) is 11.0. The van der Waals surface area contributed by atoms with E-state index in [4.69, 9.17) is 11.6 Å². The van der Waals surface area contributed by atoms with Crippen molar-refractivity contribution in [2.75, 3.05) is 0 Å². The quantitative estimate of drug-likeness (QED) is 0.531. The van der Waals surface area contributed by atoms with Crippen LogP contribution in [0, 0.1) is 10.1 Å². The van der Waals surface area contributed by atoms with Crippen molar-refractivity contribution in [2.45, 2.75) is 13.0 Å². The number of aromatic nitrogens is 2. The minimum absolute atomic E-state index is 0.129. The van der Waals surface area contributed by atoms with E-state index in [1.54, 1.807) is 31.5 Å². The molecule has 0 aliphatic carbocycles. The first-order chi connectivity index (χ1) is 10.0. The zero-order chi connectivity index (χ0) is 15.4. The Morgan fingerprint density at radius 1 is 1.43 bits per heavy atom. The van der Waals surface area contributed by atoms with Crippen molar-refractivity contribution < 1.29 is 9.72 Å². The number of pyridine rings is 2. The van der Waals surface area contributed by atoms with Gasteiger partial charge in [-0.15, -0.1) is 0 Å². The van der Waals surface area contributed by atoms with Crippen molar-refractivity contribution in [3.8, 4) is 0 Å². The number of carbonyl (C=O) groups is 1. The Labute approximate surface area is 125 Å². The monoisotopic (exact) mass is 306 g/mol. The molecule has 0 fully saturated rings. The van der Waals surface area contributed by atoms with Crippen LogP contribution in [0.1, 0.15) is 28.9 Å². The molecule has 0 aliphatic rings. The summed E-state index contributed by atoms with van der Waals surface area (Å²) in [7, 11) is 0. The van der Waals surface area contributed by atoms with Crippen molar-refractivity contribution in [3.05, 3.63) is 63.2 Å². The number of rotatable bonds is 4. The Hall–Kier alpha value is -2.54. The molecule has 0 spiro atoms. The molecular formula is C13H11ClN4O3. The molecule has 1 atom stereocenters. The average Bonchev–Trinajstić information content (AvgIpc) is 2.47. The normalized spacial score (nSPS) is 11.7. The fraction of sp³-hybridized carbons (Fsp3) is 0.154. The Morgan fingerprint density at radius 3 is 2.81 bits per heavy atom. The Bertz CT molecular complexity index is 678. The summed E-state index contributed by atoms with van der Waals surface area (Å²) in [5.74, 6) is -0.595. The van der Waals surface area contributed by atoms with E-state index in [-0.39, 0.29) is 16.8 Å². The molecule has 0 aromatic carbocycles. The maximum atomic E-state index is 12.2. The second-order valence-corrected chi connectivity index (χ2v) is 4.59. The lowest BCUT2D eigenvalue weighted by atomic mass is 10.1. The molecule has 2 aromatic heterocycles. The highest BCUT2D eigenvalue weighted by molar-refractivity contribution is 6.32. The fourth-order valence-electron chi connectivity index (χ4n) is 1.78. The minimum Gasteiger partial charge on any atom is -0.345 e. The first-order valence-electron chi connectivity index (χ1n) is 6.00. The highest BCUT2D eigenvalue weighted by Crippen LogP contribution is 2.26. The average molecular weight is 307 g/mol. The minimum atomic E-state index is -0.723. The van der Waals surface area contributed by atoms with Gasteiger partial charge in [0.25, 0.3) is 5.91 Å². The number of amides is 1. The van der Waals surface area contributed by atoms with Gasteiger partial charge in [0.05, 0.1) is 11.0 Å². The van der Waals surface area contributed by atoms with Gasteiger partial charge in [0, 0.05) is 18.6 Å². The first kappa shape index (κ1) is 14.9. The summed E-state index contributed by atoms with van der Waals surface area (Å²) >= 11 is 5.68. The molecular weight excluding hydrogens is 296 g/mol. The maximum Gasteiger partial charge on any atom is 0.319 e. The molecule has 8 heteroatoms. The molecule has 2 heterocycles. The van der Waals surface area contributed by atoms with Crippen LogP contribution in [0.2, 0.25) is 5.15 Å². The SMILES string of the molecule is CC(NC(=O)c1ccnc(Cl)c1[N+](=O)[O-])c1cccnc1. The van der Waals surface area contributed by atoms with Crippen molar-refractivity contribution in [2.24, 2.45) is 0 Å². The van der Waals surface area contributed by atoms with Gasteiger partial charge in [-0.2, -0.15) is 0 Å². The predicted octanol–water partition coefficient (Wildman–Crippen LogP) is 2.53. The lowest BCUT2D eigenvalue weighted by Crippen LogP contribution is -2.27. The van der Waals surface area contributed by atoms with Crippen LogP contribution in [0.4, 0.5) is 5.69 Å². The molecule has 0 bridgehead atoms. The Kier molecular flexibility index (Phi) is 4.44. The molecule has 1 N–H and O–H groups in total. The topological polar surface area (TPSA) is 98.0 Å². The van der Waals surface area contributed by atoms with Crippen LogP contribution < -0.4 is 5.32 Å². The third-order valence-corrected chi connectivity index (χ3v) is 3.12. The van der Waals surface area contributed by atoms with Gasteiger partial charge in [0.2, 0.25) is 5.15 Å². The summed E-state index contributed by atoms with van der Waals surface area (Å²) in [6, 6.07) is 4.45. The highest BCUT2D eigenvalue weighted by Gasteiger charge is 2.25. The fourth-order valence-corrected chi connectivity index (χ4v) is 2.00. The molecule has 0 saturated carbocycles. The summed E-state index contributed by atoms with van der Waals surface area (Å²) in [5.41, 5.74) is 0.152. The summed E-state index contributed by atoms with van der Waals surface area (Å²) in [6.07, 6.45) is 4.48. The number of hydrogen-bond acceptors (Lipinski definition) is 5. The van der Waals surface area contributed by atoms with Gasteiger partial charge in [-0.1, -0.05) is 17.7 Å². The van der Waals surface area contributed by atoms with Gasteiger partial charge < -0.3 is 5.32 Å². The van der Waals surface area contributed by atoms with E-state index in [0.717, 1.165) is 5.56 Å². The van der Waals surface area contributed by atoms with Crippen molar-refractivity contribution in [1.29, 1.82) is 0 Å². The Morgan fingerprint density at radius 2 is 2.19 bits per heavy atom. The third-order valence-electron chi connectivity index (χ3n) is 2.84. The zero-order valence-corrected chi connectivity index (χ0v) is 11.7. The summed E-state index contributed by atoms with van der Waals surface area (Å²) in [5, 5.41) is 13.3. The molecule has 108 valence electrons. The van der Waals surface area contributed by atoms with E-state index in [1.165, 1.54) is 12.3 Å². The molecule has 2 aromatic rings. The van der Waals surface area contributed by atoms with Crippen LogP contribution in [0.25, 0.3) is 0 Å². The second-order valence-electron chi connectivity index (χ2n) is 4.24. The molecule has 1 amide bonds. The third kappa shape index (κ3) is 3.32. The van der Waals surface area contributed by atoms with Gasteiger partial charge in [0.15, 0.2) is 0 Å². The van der Waals surface area contributed by atoms with E-state index in [9.17, 15) is 14.9 Å². The van der Waals surface area contributed by atoms with E-state index in [1.807, 2.05) is 0 Å². The second kappa shape index (κ2) is 6.27. The number of halogens is 1. The van der Waals surface area contributed by atoms with Crippen LogP contribution in [-0.4, -0.2) is 20.8 Å². The first-order valence-corrected chi connectivity index (χ1v) is 6.38. The Balaban J connectivity index is 2.26.